The highest BCUT2D eigenvalue weighted by Crippen LogP contribution is 2.17. The van der Waals surface area contributed by atoms with Gasteiger partial charge in [-0.25, -0.2) is 4.39 Å². The Kier molecular flexibility index (Phi) is 4.62. The zero-order valence-corrected chi connectivity index (χ0v) is 13.0. The molecule has 0 bridgehead atoms. The second-order valence-corrected chi connectivity index (χ2v) is 5.56. The second-order valence-electron chi connectivity index (χ2n) is 5.56. The van der Waals surface area contributed by atoms with Gasteiger partial charge >= 0.3 is 0 Å². The van der Waals surface area contributed by atoms with Gasteiger partial charge in [-0.15, -0.1) is 0 Å². The highest BCUT2D eigenvalue weighted by Gasteiger charge is 2.06. The molecule has 0 N–H and O–H groups in total. The summed E-state index contributed by atoms with van der Waals surface area (Å²) in [6, 6.07) is 24.8. The minimum Gasteiger partial charge on any atom is -0.252 e. The lowest BCUT2D eigenvalue weighted by molar-refractivity contribution is 0.628. The molecular weight excluding hydrogens is 285 g/mol. The number of hydrogen-bond donors (Lipinski definition) is 0. The van der Waals surface area contributed by atoms with Crippen molar-refractivity contribution in [2.75, 3.05) is 0 Å². The van der Waals surface area contributed by atoms with Gasteiger partial charge in [0.05, 0.1) is 11.4 Å². The van der Waals surface area contributed by atoms with E-state index in [2.05, 4.69) is 19.1 Å². The Morgan fingerprint density at radius 2 is 1.48 bits per heavy atom. The summed E-state index contributed by atoms with van der Waals surface area (Å²) in [5.74, 6) is -0.233. The van der Waals surface area contributed by atoms with Gasteiger partial charge in [-0.2, -0.15) is 0 Å². The fraction of sp³-hybridized carbons (Fsp3) is 0.0952. The summed E-state index contributed by atoms with van der Waals surface area (Å²) in [5, 5.41) is 0. The van der Waals surface area contributed by atoms with Gasteiger partial charge in [0.2, 0.25) is 0 Å². The molecule has 0 aliphatic carbocycles. The molecule has 2 heteroatoms. The molecule has 0 amide bonds. The maximum Gasteiger partial charge on any atom is 0.123 e. The number of halogens is 1. The van der Waals surface area contributed by atoms with Crippen LogP contribution in [0.25, 0.3) is 0 Å². The Morgan fingerprint density at radius 1 is 0.826 bits per heavy atom. The molecule has 114 valence electrons. The van der Waals surface area contributed by atoms with Crippen LogP contribution >= 0.6 is 0 Å². The van der Waals surface area contributed by atoms with E-state index in [1.165, 1.54) is 23.3 Å². The van der Waals surface area contributed by atoms with Crippen molar-refractivity contribution < 1.29 is 4.39 Å². The van der Waals surface area contributed by atoms with E-state index in [0.717, 1.165) is 17.0 Å². The standard InChI is InChI=1S/C21H18FN/c1-16-7-13-20(14-8-16)23-21(15-17-5-3-2-4-6-17)18-9-11-19(22)12-10-18/h2-14H,15H2,1H3. The van der Waals surface area contributed by atoms with Crippen LogP contribution in [-0.2, 0) is 6.42 Å². The Balaban J connectivity index is 1.98. The molecule has 3 aromatic carbocycles. The third-order valence-electron chi connectivity index (χ3n) is 3.69. The van der Waals surface area contributed by atoms with Crippen LogP contribution < -0.4 is 0 Å². The molecule has 0 aromatic heterocycles. The van der Waals surface area contributed by atoms with Crippen LogP contribution in [0.1, 0.15) is 16.7 Å². The van der Waals surface area contributed by atoms with Crippen molar-refractivity contribution in [3.63, 3.8) is 0 Å². The summed E-state index contributed by atoms with van der Waals surface area (Å²) in [4.78, 5) is 4.79. The van der Waals surface area contributed by atoms with Crippen LogP contribution in [0.2, 0.25) is 0 Å². The molecule has 0 aliphatic rings. The van der Waals surface area contributed by atoms with Crippen molar-refractivity contribution in [3.05, 3.63) is 101 Å². The van der Waals surface area contributed by atoms with Crippen molar-refractivity contribution in [3.8, 4) is 0 Å². The van der Waals surface area contributed by atoms with Gasteiger partial charge in [-0.05, 0) is 42.3 Å². The monoisotopic (exact) mass is 303 g/mol. The summed E-state index contributed by atoms with van der Waals surface area (Å²) in [6.45, 7) is 2.05. The molecule has 0 saturated heterocycles. The number of aliphatic imine (C=N–C) groups is 1. The van der Waals surface area contributed by atoms with Crippen molar-refractivity contribution in [1.29, 1.82) is 0 Å². The van der Waals surface area contributed by atoms with E-state index in [1.54, 1.807) is 12.1 Å². The van der Waals surface area contributed by atoms with Gasteiger partial charge in [0.1, 0.15) is 5.82 Å². The molecule has 0 fully saturated rings. The predicted molar refractivity (Wildman–Crippen MR) is 93.9 cm³/mol. The lowest BCUT2D eigenvalue weighted by Gasteiger charge is -2.08. The molecule has 1 nitrogen and oxygen atoms in total. The van der Waals surface area contributed by atoms with E-state index in [0.29, 0.717) is 6.42 Å². The molecule has 0 unspecified atom stereocenters. The summed E-state index contributed by atoms with van der Waals surface area (Å²) in [5.41, 5.74) is 5.17. The van der Waals surface area contributed by atoms with E-state index in [-0.39, 0.29) is 5.82 Å². The van der Waals surface area contributed by atoms with E-state index in [9.17, 15) is 4.39 Å². The van der Waals surface area contributed by atoms with Gasteiger partial charge < -0.3 is 0 Å². The van der Waals surface area contributed by atoms with Gasteiger partial charge in [0.25, 0.3) is 0 Å². The molecule has 3 rings (SSSR count). The fourth-order valence-corrected chi connectivity index (χ4v) is 2.41. The van der Waals surface area contributed by atoms with Crippen molar-refractivity contribution in [2.45, 2.75) is 13.3 Å². The number of rotatable bonds is 4. The largest absolute Gasteiger partial charge is 0.252 e. The van der Waals surface area contributed by atoms with Crippen molar-refractivity contribution in [1.82, 2.24) is 0 Å². The molecule has 0 aliphatic heterocycles. The Hall–Kier alpha value is -2.74. The van der Waals surface area contributed by atoms with E-state index in [4.69, 9.17) is 4.99 Å². The van der Waals surface area contributed by atoms with Crippen LogP contribution in [0.5, 0.6) is 0 Å². The molecule has 3 aromatic rings. The fourth-order valence-electron chi connectivity index (χ4n) is 2.41. The third-order valence-corrected chi connectivity index (χ3v) is 3.69. The van der Waals surface area contributed by atoms with Gasteiger partial charge in [0, 0.05) is 6.42 Å². The van der Waals surface area contributed by atoms with Crippen molar-refractivity contribution in [2.24, 2.45) is 4.99 Å². The first-order valence-corrected chi connectivity index (χ1v) is 7.65. The zero-order valence-electron chi connectivity index (χ0n) is 13.0. The van der Waals surface area contributed by atoms with Gasteiger partial charge in [-0.3, -0.25) is 4.99 Å². The first-order valence-electron chi connectivity index (χ1n) is 7.65. The maximum absolute atomic E-state index is 13.2. The Labute approximate surface area is 136 Å². The van der Waals surface area contributed by atoms with E-state index >= 15 is 0 Å². The SMILES string of the molecule is Cc1ccc(N=C(Cc2ccccc2)c2ccc(F)cc2)cc1. The summed E-state index contributed by atoms with van der Waals surface area (Å²) in [7, 11) is 0. The topological polar surface area (TPSA) is 12.4 Å². The van der Waals surface area contributed by atoms with E-state index < -0.39 is 0 Å². The minimum absolute atomic E-state index is 0.233. The van der Waals surface area contributed by atoms with Crippen LogP contribution in [0.3, 0.4) is 0 Å². The first-order chi connectivity index (χ1) is 11.2. The number of hydrogen-bond acceptors (Lipinski definition) is 1. The average Bonchev–Trinajstić information content (AvgIpc) is 2.58. The molecular formula is C21H18FN. The quantitative estimate of drug-likeness (QED) is 0.564. The molecule has 0 heterocycles. The second kappa shape index (κ2) is 7.01. The molecule has 0 saturated carbocycles. The highest BCUT2D eigenvalue weighted by molar-refractivity contribution is 6.03. The highest BCUT2D eigenvalue weighted by atomic mass is 19.1. The summed E-state index contributed by atoms with van der Waals surface area (Å²) < 4.78 is 13.2. The Bertz CT molecular complexity index is 788. The van der Waals surface area contributed by atoms with Crippen LogP contribution in [-0.4, -0.2) is 5.71 Å². The minimum atomic E-state index is -0.233. The normalized spacial score (nSPS) is 11.5. The number of nitrogens with zero attached hydrogens (tertiary/aromatic N) is 1. The van der Waals surface area contributed by atoms with Gasteiger partial charge in [0.15, 0.2) is 0 Å². The van der Waals surface area contributed by atoms with Crippen LogP contribution in [0.4, 0.5) is 10.1 Å². The smallest absolute Gasteiger partial charge is 0.123 e. The zero-order chi connectivity index (χ0) is 16.1. The number of aryl methyl sites for hydroxylation is 1. The molecule has 0 radical (unpaired) electrons. The predicted octanol–water partition coefficient (Wildman–Crippen LogP) is 5.50. The van der Waals surface area contributed by atoms with Crippen molar-refractivity contribution >= 4 is 11.4 Å². The average molecular weight is 303 g/mol. The molecule has 23 heavy (non-hydrogen) atoms. The first kappa shape index (κ1) is 15.2. The lowest BCUT2D eigenvalue weighted by atomic mass is 10.0. The molecule has 0 atom stereocenters. The number of benzene rings is 3. The van der Waals surface area contributed by atoms with Crippen LogP contribution in [0.15, 0.2) is 83.9 Å². The summed E-state index contributed by atoms with van der Waals surface area (Å²) in [6.07, 6.45) is 0.709. The Morgan fingerprint density at radius 3 is 2.13 bits per heavy atom. The van der Waals surface area contributed by atoms with Crippen LogP contribution in [0, 0.1) is 12.7 Å². The van der Waals surface area contributed by atoms with Gasteiger partial charge in [-0.1, -0.05) is 60.2 Å². The van der Waals surface area contributed by atoms with E-state index in [1.807, 2.05) is 42.5 Å². The molecule has 0 spiro atoms. The summed E-state index contributed by atoms with van der Waals surface area (Å²) >= 11 is 0. The third kappa shape index (κ3) is 4.13. The maximum atomic E-state index is 13.2. The lowest BCUT2D eigenvalue weighted by Crippen LogP contribution is -2.05.